The highest BCUT2D eigenvalue weighted by molar-refractivity contribution is 5.96. The fraction of sp³-hybridized carbons (Fsp3) is 0.690. The Morgan fingerprint density at radius 2 is 0.617 bits per heavy atom. The van der Waals surface area contributed by atoms with Crippen LogP contribution in [-0.4, -0.2) is 159 Å². The number of aromatic nitrogens is 4. The molecular weight excluding hydrogens is 1500 g/mol. The topological polar surface area (TPSA) is 201 Å². The van der Waals surface area contributed by atoms with Gasteiger partial charge in [-0.15, -0.1) is 0 Å². The molecular formula is C100H143F2N13O5. The van der Waals surface area contributed by atoms with E-state index in [0.717, 1.165) is 132 Å². The number of halogens is 2. The molecule has 0 radical (unpaired) electrons. The first-order valence-electron chi connectivity index (χ1n) is 46.4. The zero-order valence-electron chi connectivity index (χ0n) is 73.4. The molecule has 0 unspecified atom stereocenters. The molecule has 20 fully saturated rings. The second-order valence-corrected chi connectivity index (χ2v) is 42.7. The molecule has 5 aromatic rings. The number of hydrogen-bond donors (Lipinski definition) is 4. The van der Waals surface area contributed by atoms with Gasteiger partial charge in [0.25, 0.3) is 23.6 Å². The Bertz CT molecular complexity index is 4130. The molecule has 20 heteroatoms. The number of carbonyl (C=O) groups is 5. The standard InChI is InChI=1S/2C21H29FN2O.C21H30N2O.C19H27N3O.C17H24N4O.CH4/c2*1-23-20(25)17-3-4-18(19(22)8-17)12-24(2)13-21-9-14-5-15(10-21)7-16(6-14)11-21;1-22-20(24)19-5-3-15(4-6-19)13-23(2)14-21-10-16-7-17(11-21)9-18(8-16)12-21;1-3-17(23)16-10-20-18(21-11-16)22(2)12-19-7-13-4-14(8-19)6-15(5-13)9-19;1-18-15(22)14-9-19-16(20-10-14)21(2)17-6-11-3-12(7-17)5-13(4-11)8-17;/h2*3-4,8,14-16H,5-7,9-13H2,1-2H3,(H,23,25);3-6,16-18H,7-14H2,1-2H3,(H,22,24);10-11,13-15H,3-9,12H2,1-2H3;9-13H,3-8H2,1-2H3,(H,18,22);1H4/i22-1;;;;;. The van der Waals surface area contributed by atoms with Gasteiger partial charge in [0.15, 0.2) is 5.78 Å². The number of carbonyl (C=O) groups excluding carboxylic acids is 5. The lowest BCUT2D eigenvalue weighted by molar-refractivity contribution is -0.0672. The predicted molar refractivity (Wildman–Crippen MR) is 472 cm³/mol. The van der Waals surface area contributed by atoms with Gasteiger partial charge in [0, 0.05) is 153 Å². The van der Waals surface area contributed by atoms with E-state index in [0.29, 0.717) is 74.6 Å². The van der Waals surface area contributed by atoms with Gasteiger partial charge in [0.2, 0.25) is 11.9 Å². The third-order valence-corrected chi connectivity index (χ3v) is 32.7. The number of rotatable bonds is 23. The quantitative estimate of drug-likeness (QED) is 0.0450. The predicted octanol–water partition coefficient (Wildman–Crippen LogP) is 18.0. The van der Waals surface area contributed by atoms with Crippen molar-refractivity contribution in [1.29, 1.82) is 0 Å². The van der Waals surface area contributed by atoms with Crippen LogP contribution in [0.5, 0.6) is 0 Å². The van der Waals surface area contributed by atoms with Crippen LogP contribution in [0.3, 0.4) is 0 Å². The number of hydrogen-bond acceptors (Lipinski definition) is 14. The SMILES string of the molecule is C.CCC(=O)c1cnc(N(C)CC23CC4CC(CC(C4)C2)C3)nc1.CNC(=O)c1ccc(CN(C)CC23CC4CC(CC(C4)C2)C3)c(F)c1.CNC(=O)c1ccc(CN(C)CC23CC4CC(CC(C4)C2)C3)c([18F])c1.CNC(=O)c1ccc(CN(C)CC23CC4CC(CC(C4)C2)C3)cc1.CNC(=O)c1cnc(N(C)C23CC4CC(CC(C4)C2)C3)nc1. The van der Waals surface area contributed by atoms with E-state index in [1.54, 1.807) is 77.2 Å². The molecule has 0 spiro atoms. The Balaban J connectivity index is 0.000000117. The second kappa shape index (κ2) is 36.5. The maximum Gasteiger partial charge on any atom is 0.254 e. The van der Waals surface area contributed by atoms with Crippen LogP contribution in [-0.2, 0) is 19.6 Å². The maximum atomic E-state index is 14.4. The van der Waals surface area contributed by atoms with Crippen LogP contribution in [0.2, 0.25) is 0 Å². The molecule has 0 saturated heterocycles. The lowest BCUT2D eigenvalue weighted by atomic mass is 9.49. The summed E-state index contributed by atoms with van der Waals surface area (Å²) in [6.07, 6.45) is 49.9. The average Bonchev–Trinajstić information content (AvgIpc) is 0.785. The Morgan fingerprint density at radius 3 is 0.925 bits per heavy atom. The minimum Gasteiger partial charge on any atom is -0.355 e. The number of nitrogens with zero attached hydrogens (tertiary/aromatic N) is 9. The third kappa shape index (κ3) is 19.8. The summed E-state index contributed by atoms with van der Waals surface area (Å²) < 4.78 is 28.8. The van der Waals surface area contributed by atoms with Crippen molar-refractivity contribution in [1.82, 2.24) is 55.9 Å². The monoisotopic (exact) mass is 1640 g/mol. The van der Waals surface area contributed by atoms with Crippen molar-refractivity contribution in [3.05, 3.63) is 142 Å². The van der Waals surface area contributed by atoms with Gasteiger partial charge < -0.3 is 45.8 Å². The molecule has 2 heterocycles. The minimum atomic E-state index is -0.279. The van der Waals surface area contributed by atoms with Crippen molar-refractivity contribution in [2.45, 2.75) is 239 Å². The number of benzene rings is 3. The largest absolute Gasteiger partial charge is 0.355 e. The highest BCUT2D eigenvalue weighted by Crippen LogP contribution is 2.65. The van der Waals surface area contributed by atoms with Gasteiger partial charge in [-0.05, 0) is 366 Å². The van der Waals surface area contributed by atoms with Crippen LogP contribution in [0.1, 0.15) is 282 Å². The first-order valence-corrected chi connectivity index (χ1v) is 46.4. The average molecular weight is 1640 g/mol. The van der Waals surface area contributed by atoms with Crippen LogP contribution >= 0.6 is 0 Å². The van der Waals surface area contributed by atoms with Crippen LogP contribution in [0, 0.1) is 122 Å². The Labute approximate surface area is 716 Å². The minimum absolute atomic E-state index is 0. The van der Waals surface area contributed by atoms with Crippen molar-refractivity contribution in [3.8, 4) is 0 Å². The van der Waals surface area contributed by atoms with Crippen molar-refractivity contribution >= 4 is 41.3 Å². The first kappa shape index (κ1) is 87.6. The van der Waals surface area contributed by atoms with Crippen LogP contribution in [0.4, 0.5) is 20.7 Å². The molecule has 0 aliphatic heterocycles. The first-order chi connectivity index (χ1) is 57.1. The number of anilines is 2. The number of nitrogens with one attached hydrogen (secondary N) is 4. The molecule has 20 aliphatic rings. The van der Waals surface area contributed by atoms with Crippen molar-refractivity contribution < 1.29 is 32.8 Å². The summed E-state index contributed by atoms with van der Waals surface area (Å²) >= 11 is 0. The smallest absolute Gasteiger partial charge is 0.254 e. The summed E-state index contributed by atoms with van der Waals surface area (Å²) in [6, 6.07) is 17.7. The van der Waals surface area contributed by atoms with E-state index in [2.05, 4.69) is 113 Å². The van der Waals surface area contributed by atoms with Gasteiger partial charge in [0.1, 0.15) is 11.6 Å². The van der Waals surface area contributed by atoms with Gasteiger partial charge in [-0.3, -0.25) is 24.0 Å². The summed E-state index contributed by atoms with van der Waals surface area (Å²) in [6.45, 7) is 8.54. The van der Waals surface area contributed by atoms with Gasteiger partial charge in [-0.2, -0.15) is 0 Å². The summed E-state index contributed by atoms with van der Waals surface area (Å²) in [5.74, 6) is 14.8. The molecule has 18 nitrogen and oxygen atoms in total. The summed E-state index contributed by atoms with van der Waals surface area (Å²) in [5, 5.41) is 10.4. The van der Waals surface area contributed by atoms with E-state index < -0.39 is 0 Å². The molecule has 20 aliphatic carbocycles. The Morgan fingerprint density at radius 1 is 0.350 bits per heavy atom. The molecule has 4 amide bonds. The van der Waals surface area contributed by atoms with Crippen LogP contribution in [0.15, 0.2) is 85.5 Å². The van der Waals surface area contributed by atoms with E-state index in [1.165, 1.54) is 217 Å². The van der Waals surface area contributed by atoms with Crippen molar-refractivity contribution in [3.63, 3.8) is 0 Å². The summed E-state index contributed by atoms with van der Waals surface area (Å²) in [7, 11) is 17.2. The summed E-state index contributed by atoms with van der Waals surface area (Å²) in [4.78, 5) is 87.6. The van der Waals surface area contributed by atoms with Gasteiger partial charge in [0.05, 0.1) is 11.1 Å². The van der Waals surface area contributed by atoms with Crippen molar-refractivity contribution in [2.24, 2.45) is 110 Å². The summed E-state index contributed by atoms with van der Waals surface area (Å²) in [5.41, 5.74) is 7.60. The van der Waals surface area contributed by atoms with E-state index in [4.69, 9.17) is 0 Å². The highest BCUT2D eigenvalue weighted by atomic mass is 19.1. The fourth-order valence-corrected chi connectivity index (χ4v) is 30.4. The van der Waals surface area contributed by atoms with E-state index in [1.807, 2.05) is 19.1 Å². The van der Waals surface area contributed by atoms with E-state index in [9.17, 15) is 32.8 Å². The molecule has 25 rings (SSSR count). The van der Waals surface area contributed by atoms with E-state index >= 15 is 0 Å². The number of amides is 4. The second-order valence-electron chi connectivity index (χ2n) is 42.7. The molecule has 0 atom stereocenters. The molecule has 652 valence electrons. The molecule has 120 heavy (non-hydrogen) atoms. The zero-order valence-corrected chi connectivity index (χ0v) is 73.4. The molecule has 2 aromatic heterocycles. The Kier molecular flexibility index (Phi) is 26.6. The number of Topliss-reactive ketones (excluding diaryl/α,β-unsaturated/α-hetero) is 1. The molecule has 20 saturated carbocycles. The van der Waals surface area contributed by atoms with Crippen molar-refractivity contribution in [2.75, 3.05) is 99.4 Å². The lowest BCUT2D eigenvalue weighted by Gasteiger charge is -2.59. The maximum absolute atomic E-state index is 14.4. The number of ketones is 1. The van der Waals surface area contributed by atoms with Gasteiger partial charge in [-0.25, -0.2) is 28.7 Å². The molecule has 20 bridgehead atoms. The third-order valence-electron chi connectivity index (χ3n) is 32.7. The van der Waals surface area contributed by atoms with Gasteiger partial charge >= 0.3 is 0 Å². The van der Waals surface area contributed by atoms with Crippen LogP contribution in [0.25, 0.3) is 0 Å². The zero-order chi connectivity index (χ0) is 83.3. The normalized spacial score (nSPS) is 33.7. The highest BCUT2D eigenvalue weighted by Gasteiger charge is 2.57. The molecule has 4 N–H and O–H groups in total. The van der Waals surface area contributed by atoms with Crippen LogP contribution < -0.4 is 31.1 Å². The van der Waals surface area contributed by atoms with Gasteiger partial charge in [-0.1, -0.05) is 38.6 Å². The van der Waals surface area contributed by atoms with E-state index in [-0.39, 0.29) is 54.0 Å². The lowest BCUT2D eigenvalue weighted by Crippen LogP contribution is -2.59. The Hall–Kier alpha value is -7.29. The fourth-order valence-electron chi connectivity index (χ4n) is 30.4. The molecule has 3 aromatic carbocycles.